The Balaban J connectivity index is 2.07. The van der Waals surface area contributed by atoms with Crippen LogP contribution in [0.3, 0.4) is 0 Å². The molecule has 0 aliphatic rings. The van der Waals surface area contributed by atoms with E-state index in [1.807, 2.05) is 0 Å². The topological polar surface area (TPSA) is 0 Å². The van der Waals surface area contributed by atoms with Crippen molar-refractivity contribution in [2.75, 3.05) is 0 Å². The molecule has 0 unspecified atom stereocenters. The van der Waals surface area contributed by atoms with Crippen LogP contribution >= 0.6 is 0 Å². The third-order valence-corrected chi connectivity index (χ3v) is 3.12. The standard InChI is InChI=1S/C17H26/c1-3-4-5-6-7-8-9-10-11-17-14-12-16(2)13-15-17/h9-10,12-15H,3-8,11H2,1-2H3/b10-9+. The van der Waals surface area contributed by atoms with Crippen LogP contribution in [0.15, 0.2) is 36.4 Å². The third-order valence-electron chi connectivity index (χ3n) is 3.12. The van der Waals surface area contributed by atoms with Crippen molar-refractivity contribution in [2.24, 2.45) is 0 Å². The highest BCUT2D eigenvalue weighted by molar-refractivity contribution is 5.22. The zero-order valence-electron chi connectivity index (χ0n) is 11.4. The number of hydrogen-bond acceptors (Lipinski definition) is 0. The molecule has 1 aromatic rings. The highest BCUT2D eigenvalue weighted by Gasteiger charge is 1.89. The minimum atomic E-state index is 1.08. The number of allylic oxidation sites excluding steroid dienone is 2. The van der Waals surface area contributed by atoms with Crippen molar-refractivity contribution in [3.63, 3.8) is 0 Å². The zero-order chi connectivity index (χ0) is 12.3. The summed E-state index contributed by atoms with van der Waals surface area (Å²) in [4.78, 5) is 0. The lowest BCUT2D eigenvalue weighted by Gasteiger charge is -1.98. The molecule has 0 nitrogen and oxygen atoms in total. The molecule has 0 heteroatoms. The van der Waals surface area contributed by atoms with Crippen LogP contribution in [-0.2, 0) is 6.42 Å². The van der Waals surface area contributed by atoms with E-state index in [9.17, 15) is 0 Å². The van der Waals surface area contributed by atoms with E-state index < -0.39 is 0 Å². The van der Waals surface area contributed by atoms with E-state index in [1.54, 1.807) is 0 Å². The van der Waals surface area contributed by atoms with E-state index in [-0.39, 0.29) is 0 Å². The Kier molecular flexibility index (Phi) is 7.46. The molecule has 0 radical (unpaired) electrons. The van der Waals surface area contributed by atoms with Crippen molar-refractivity contribution in [1.29, 1.82) is 0 Å². The van der Waals surface area contributed by atoms with Crippen LogP contribution in [0.25, 0.3) is 0 Å². The van der Waals surface area contributed by atoms with Gasteiger partial charge in [-0.1, -0.05) is 74.6 Å². The van der Waals surface area contributed by atoms with Gasteiger partial charge in [-0.3, -0.25) is 0 Å². The fourth-order valence-corrected chi connectivity index (χ4v) is 1.93. The summed E-state index contributed by atoms with van der Waals surface area (Å²) in [5, 5.41) is 0. The van der Waals surface area contributed by atoms with Gasteiger partial charge in [0.25, 0.3) is 0 Å². The lowest BCUT2D eigenvalue weighted by atomic mass is 10.1. The SMILES string of the molecule is CCCCCCC/C=C/Cc1ccc(C)cc1. The van der Waals surface area contributed by atoms with Crippen LogP contribution in [0, 0.1) is 6.92 Å². The Morgan fingerprint density at radius 2 is 1.59 bits per heavy atom. The number of benzene rings is 1. The van der Waals surface area contributed by atoms with E-state index in [0.29, 0.717) is 0 Å². The van der Waals surface area contributed by atoms with Gasteiger partial charge in [0.05, 0.1) is 0 Å². The minimum Gasteiger partial charge on any atom is -0.0882 e. The van der Waals surface area contributed by atoms with Gasteiger partial charge in [0.2, 0.25) is 0 Å². The molecule has 0 spiro atoms. The minimum absolute atomic E-state index is 1.08. The van der Waals surface area contributed by atoms with Crippen LogP contribution in [0.5, 0.6) is 0 Å². The Bertz CT molecular complexity index is 305. The lowest BCUT2D eigenvalue weighted by Crippen LogP contribution is -1.81. The van der Waals surface area contributed by atoms with Crippen LogP contribution in [-0.4, -0.2) is 0 Å². The largest absolute Gasteiger partial charge is 0.0882 e. The van der Waals surface area contributed by atoms with E-state index in [0.717, 1.165) is 6.42 Å². The molecule has 0 atom stereocenters. The summed E-state index contributed by atoms with van der Waals surface area (Å²) >= 11 is 0. The maximum Gasteiger partial charge on any atom is -0.00975 e. The average molecular weight is 230 g/mol. The van der Waals surface area contributed by atoms with Gasteiger partial charge in [-0.25, -0.2) is 0 Å². The summed E-state index contributed by atoms with van der Waals surface area (Å²) in [5.74, 6) is 0. The molecule has 17 heavy (non-hydrogen) atoms. The summed E-state index contributed by atoms with van der Waals surface area (Å²) < 4.78 is 0. The van der Waals surface area contributed by atoms with Gasteiger partial charge in [0.15, 0.2) is 0 Å². The monoisotopic (exact) mass is 230 g/mol. The smallest absolute Gasteiger partial charge is 0.00975 e. The first-order valence-electron chi connectivity index (χ1n) is 7.03. The zero-order valence-corrected chi connectivity index (χ0v) is 11.4. The second-order valence-corrected chi connectivity index (χ2v) is 4.86. The predicted octanol–water partition coefficient (Wildman–Crippen LogP) is 5.45. The molecule has 94 valence electrons. The first kappa shape index (κ1) is 14.0. The Morgan fingerprint density at radius 1 is 0.882 bits per heavy atom. The van der Waals surface area contributed by atoms with Crippen LogP contribution < -0.4 is 0 Å². The van der Waals surface area contributed by atoms with E-state index in [2.05, 4.69) is 50.3 Å². The Hall–Kier alpha value is -1.04. The van der Waals surface area contributed by atoms with E-state index >= 15 is 0 Å². The first-order chi connectivity index (χ1) is 8.33. The molecule has 0 fully saturated rings. The second kappa shape index (κ2) is 9.04. The van der Waals surface area contributed by atoms with Gasteiger partial charge in [0.1, 0.15) is 0 Å². The van der Waals surface area contributed by atoms with Gasteiger partial charge in [-0.2, -0.15) is 0 Å². The highest BCUT2D eigenvalue weighted by Crippen LogP contribution is 2.07. The molecular weight excluding hydrogens is 204 g/mol. The molecule has 1 aromatic carbocycles. The molecule has 0 heterocycles. The molecule has 0 N–H and O–H groups in total. The lowest BCUT2D eigenvalue weighted by molar-refractivity contribution is 0.637. The van der Waals surface area contributed by atoms with Crippen LogP contribution in [0.1, 0.15) is 56.6 Å². The Morgan fingerprint density at radius 3 is 2.29 bits per heavy atom. The maximum absolute atomic E-state index is 2.34. The number of unbranched alkanes of at least 4 members (excludes halogenated alkanes) is 5. The molecule has 0 saturated heterocycles. The van der Waals surface area contributed by atoms with E-state index in [4.69, 9.17) is 0 Å². The van der Waals surface area contributed by atoms with E-state index in [1.165, 1.54) is 49.7 Å². The number of hydrogen-bond donors (Lipinski definition) is 0. The summed E-state index contributed by atoms with van der Waals surface area (Å²) in [5.41, 5.74) is 2.76. The average Bonchev–Trinajstić information content (AvgIpc) is 2.35. The van der Waals surface area contributed by atoms with Crippen molar-refractivity contribution in [3.8, 4) is 0 Å². The quantitative estimate of drug-likeness (QED) is 0.411. The van der Waals surface area contributed by atoms with Crippen LogP contribution in [0.2, 0.25) is 0 Å². The van der Waals surface area contributed by atoms with Crippen molar-refractivity contribution < 1.29 is 0 Å². The van der Waals surface area contributed by atoms with Crippen molar-refractivity contribution in [3.05, 3.63) is 47.5 Å². The molecule has 0 aliphatic carbocycles. The summed E-state index contributed by atoms with van der Waals surface area (Å²) in [6.45, 7) is 4.40. The molecule has 0 saturated carbocycles. The van der Waals surface area contributed by atoms with Crippen molar-refractivity contribution in [2.45, 2.75) is 58.8 Å². The first-order valence-corrected chi connectivity index (χ1v) is 7.03. The Labute approximate surface area is 107 Å². The number of aryl methyl sites for hydroxylation is 1. The normalized spacial score (nSPS) is 11.2. The molecule has 0 aliphatic heterocycles. The summed E-state index contributed by atoms with van der Waals surface area (Å²) in [6.07, 6.45) is 13.9. The molecule has 0 amide bonds. The van der Waals surface area contributed by atoms with Gasteiger partial charge >= 0.3 is 0 Å². The second-order valence-electron chi connectivity index (χ2n) is 4.86. The van der Waals surface area contributed by atoms with Crippen molar-refractivity contribution in [1.82, 2.24) is 0 Å². The third kappa shape index (κ3) is 6.99. The predicted molar refractivity (Wildman–Crippen MR) is 77.4 cm³/mol. The van der Waals surface area contributed by atoms with Crippen molar-refractivity contribution >= 4 is 0 Å². The molecular formula is C17H26. The summed E-state index contributed by atoms with van der Waals surface area (Å²) in [7, 11) is 0. The number of rotatable bonds is 8. The van der Waals surface area contributed by atoms with Gasteiger partial charge in [-0.15, -0.1) is 0 Å². The maximum atomic E-state index is 2.34. The molecule has 0 aromatic heterocycles. The van der Waals surface area contributed by atoms with Gasteiger partial charge in [-0.05, 0) is 31.7 Å². The van der Waals surface area contributed by atoms with Crippen LogP contribution in [0.4, 0.5) is 0 Å². The highest BCUT2D eigenvalue weighted by atomic mass is 14.0. The molecule has 0 bridgehead atoms. The summed E-state index contributed by atoms with van der Waals surface area (Å²) in [6, 6.07) is 8.82. The fourth-order valence-electron chi connectivity index (χ4n) is 1.93. The molecule has 1 rings (SSSR count). The van der Waals surface area contributed by atoms with Gasteiger partial charge < -0.3 is 0 Å². The van der Waals surface area contributed by atoms with Gasteiger partial charge in [0, 0.05) is 0 Å². The fraction of sp³-hybridized carbons (Fsp3) is 0.529.